The van der Waals surface area contributed by atoms with Gasteiger partial charge in [-0.25, -0.2) is 0 Å². The molecule has 3 nitrogen and oxygen atoms in total. The van der Waals surface area contributed by atoms with E-state index in [1.165, 1.54) is 25.3 Å². The second-order valence-electron chi connectivity index (χ2n) is 3.10. The number of alkyl halides is 2. The summed E-state index contributed by atoms with van der Waals surface area (Å²) in [5, 5.41) is 0. The normalized spacial score (nSPS) is 10.8. The van der Waals surface area contributed by atoms with Crippen molar-refractivity contribution in [2.45, 2.75) is 13.0 Å². The highest BCUT2D eigenvalue weighted by Gasteiger charge is 2.06. The van der Waals surface area contributed by atoms with Gasteiger partial charge in [0, 0.05) is 5.56 Å². The van der Waals surface area contributed by atoms with E-state index in [4.69, 9.17) is 0 Å². The number of halogens is 2. The third kappa shape index (κ3) is 4.63. The minimum absolute atomic E-state index is 0.0728. The Kier molecular flexibility index (Phi) is 5.13. The number of hydrogen-bond acceptors (Lipinski definition) is 3. The molecule has 0 bridgehead atoms. The van der Waals surface area contributed by atoms with E-state index in [1.807, 2.05) is 0 Å². The fourth-order valence-corrected chi connectivity index (χ4v) is 1.19. The van der Waals surface area contributed by atoms with E-state index in [1.54, 1.807) is 18.2 Å². The minimum atomic E-state index is -2.87. The first kappa shape index (κ1) is 13.2. The molecule has 0 aliphatic carbocycles. The average molecular weight is 242 g/mol. The molecule has 0 N–H and O–H groups in total. The van der Waals surface area contributed by atoms with E-state index in [9.17, 15) is 13.6 Å². The molecule has 0 atom stereocenters. The van der Waals surface area contributed by atoms with Gasteiger partial charge in [0.25, 0.3) is 0 Å². The molecule has 17 heavy (non-hydrogen) atoms. The van der Waals surface area contributed by atoms with Crippen molar-refractivity contribution in [3.8, 4) is 5.75 Å². The van der Waals surface area contributed by atoms with Crippen LogP contribution in [-0.4, -0.2) is 19.7 Å². The number of benzene rings is 1. The highest BCUT2D eigenvalue weighted by atomic mass is 19.3. The van der Waals surface area contributed by atoms with Gasteiger partial charge < -0.3 is 9.47 Å². The highest BCUT2D eigenvalue weighted by molar-refractivity contribution is 5.72. The van der Waals surface area contributed by atoms with Crippen LogP contribution in [0.25, 0.3) is 6.08 Å². The lowest BCUT2D eigenvalue weighted by Crippen LogP contribution is -2.03. The fraction of sp³-hybridized carbons (Fsp3) is 0.250. The van der Waals surface area contributed by atoms with E-state index >= 15 is 0 Å². The molecular formula is C12H12F2O3. The second kappa shape index (κ2) is 6.62. The maximum Gasteiger partial charge on any atom is 0.387 e. The van der Waals surface area contributed by atoms with Crippen molar-refractivity contribution in [2.24, 2.45) is 0 Å². The summed E-state index contributed by atoms with van der Waals surface area (Å²) in [5.41, 5.74) is 0.483. The third-order valence-electron chi connectivity index (χ3n) is 1.94. The molecule has 0 heterocycles. The first-order chi connectivity index (χ1) is 8.13. The van der Waals surface area contributed by atoms with Crippen LogP contribution in [0, 0.1) is 0 Å². The van der Waals surface area contributed by atoms with Crippen molar-refractivity contribution in [1.82, 2.24) is 0 Å². The van der Waals surface area contributed by atoms with E-state index in [0.29, 0.717) is 5.56 Å². The first-order valence-corrected chi connectivity index (χ1v) is 4.90. The summed E-state index contributed by atoms with van der Waals surface area (Å²) >= 11 is 0. The highest BCUT2D eigenvalue weighted by Crippen LogP contribution is 2.21. The lowest BCUT2D eigenvalue weighted by atomic mass is 10.2. The van der Waals surface area contributed by atoms with E-state index in [2.05, 4.69) is 9.47 Å². The van der Waals surface area contributed by atoms with E-state index in [0.717, 1.165) is 0 Å². The van der Waals surface area contributed by atoms with Gasteiger partial charge >= 0.3 is 12.6 Å². The summed E-state index contributed by atoms with van der Waals surface area (Å²) in [5.74, 6) is -0.322. The summed E-state index contributed by atoms with van der Waals surface area (Å²) in [7, 11) is 1.28. The van der Waals surface area contributed by atoms with Crippen molar-refractivity contribution < 1.29 is 23.0 Å². The van der Waals surface area contributed by atoms with Crippen LogP contribution in [0.2, 0.25) is 0 Å². The van der Waals surface area contributed by atoms with Crippen molar-refractivity contribution in [3.63, 3.8) is 0 Å². The molecule has 0 fully saturated rings. The first-order valence-electron chi connectivity index (χ1n) is 4.90. The molecule has 0 saturated heterocycles. The SMILES string of the molecule is COC(=O)CC=Cc1ccccc1OC(F)F. The lowest BCUT2D eigenvalue weighted by Gasteiger charge is -2.07. The number of esters is 1. The summed E-state index contributed by atoms with van der Waals surface area (Å²) in [6, 6.07) is 6.33. The van der Waals surface area contributed by atoms with Crippen LogP contribution in [-0.2, 0) is 9.53 Å². The Hall–Kier alpha value is -1.91. The maximum atomic E-state index is 12.1. The summed E-state index contributed by atoms with van der Waals surface area (Å²) in [4.78, 5) is 10.8. The zero-order valence-corrected chi connectivity index (χ0v) is 9.23. The third-order valence-corrected chi connectivity index (χ3v) is 1.94. The molecule has 92 valence electrons. The zero-order chi connectivity index (χ0) is 12.7. The van der Waals surface area contributed by atoms with Crippen LogP contribution in [0.5, 0.6) is 5.75 Å². The Morgan fingerprint density at radius 3 is 2.76 bits per heavy atom. The Bertz CT molecular complexity index is 402. The van der Waals surface area contributed by atoms with Crippen LogP contribution < -0.4 is 4.74 Å². The van der Waals surface area contributed by atoms with Crippen molar-refractivity contribution in [1.29, 1.82) is 0 Å². The predicted octanol–water partition coefficient (Wildman–Crippen LogP) is 2.86. The van der Waals surface area contributed by atoms with Crippen LogP contribution in [0.1, 0.15) is 12.0 Å². The van der Waals surface area contributed by atoms with Crippen LogP contribution in [0.3, 0.4) is 0 Å². The van der Waals surface area contributed by atoms with Gasteiger partial charge in [0.1, 0.15) is 5.75 Å². The molecule has 1 aromatic carbocycles. The lowest BCUT2D eigenvalue weighted by molar-refractivity contribution is -0.139. The molecule has 0 spiro atoms. The van der Waals surface area contributed by atoms with E-state index in [-0.39, 0.29) is 12.2 Å². The Labute approximate surface area is 97.7 Å². The van der Waals surface area contributed by atoms with Crippen LogP contribution in [0.15, 0.2) is 30.3 Å². The Morgan fingerprint density at radius 2 is 2.12 bits per heavy atom. The van der Waals surface area contributed by atoms with Crippen molar-refractivity contribution in [3.05, 3.63) is 35.9 Å². The molecule has 0 aliphatic heterocycles. The summed E-state index contributed by atoms with van der Waals surface area (Å²) in [6.07, 6.45) is 3.15. The molecule has 0 radical (unpaired) electrons. The number of carbonyl (C=O) groups excluding carboxylic acids is 1. The van der Waals surface area contributed by atoms with Gasteiger partial charge in [-0.3, -0.25) is 4.79 Å². The molecular weight excluding hydrogens is 230 g/mol. The predicted molar refractivity (Wildman–Crippen MR) is 58.7 cm³/mol. The average Bonchev–Trinajstić information content (AvgIpc) is 2.30. The smallest absolute Gasteiger partial charge is 0.387 e. The summed E-state index contributed by atoms with van der Waals surface area (Å²) < 4.78 is 32.9. The number of para-hydroxylation sites is 1. The van der Waals surface area contributed by atoms with Crippen LogP contribution in [0.4, 0.5) is 8.78 Å². The quantitative estimate of drug-likeness (QED) is 0.745. The monoisotopic (exact) mass is 242 g/mol. The van der Waals surface area contributed by atoms with Gasteiger partial charge in [0.05, 0.1) is 13.5 Å². The number of carbonyl (C=O) groups is 1. The largest absolute Gasteiger partial charge is 0.469 e. The number of methoxy groups -OCH3 is 1. The Balaban J connectivity index is 2.72. The fourth-order valence-electron chi connectivity index (χ4n) is 1.19. The molecule has 0 saturated carbocycles. The number of ether oxygens (including phenoxy) is 2. The van der Waals surface area contributed by atoms with Crippen LogP contribution >= 0.6 is 0 Å². The molecule has 1 rings (SSSR count). The zero-order valence-electron chi connectivity index (χ0n) is 9.23. The standard InChI is InChI=1S/C12H12F2O3/c1-16-11(15)8-4-6-9-5-2-3-7-10(9)17-12(13)14/h2-7,12H,8H2,1H3. The van der Waals surface area contributed by atoms with Gasteiger partial charge in [-0.1, -0.05) is 30.4 Å². The Morgan fingerprint density at radius 1 is 1.41 bits per heavy atom. The topological polar surface area (TPSA) is 35.5 Å². The van der Waals surface area contributed by atoms with Crippen molar-refractivity contribution >= 4 is 12.0 Å². The maximum absolute atomic E-state index is 12.1. The van der Waals surface area contributed by atoms with Gasteiger partial charge in [-0.2, -0.15) is 8.78 Å². The molecule has 0 amide bonds. The molecule has 5 heteroatoms. The van der Waals surface area contributed by atoms with Crippen molar-refractivity contribution in [2.75, 3.05) is 7.11 Å². The molecule has 0 aromatic heterocycles. The van der Waals surface area contributed by atoms with Gasteiger partial charge in [-0.15, -0.1) is 0 Å². The molecule has 1 aromatic rings. The number of hydrogen-bond donors (Lipinski definition) is 0. The molecule has 0 aliphatic rings. The second-order valence-corrected chi connectivity index (χ2v) is 3.10. The van der Waals surface area contributed by atoms with Gasteiger partial charge in [0.15, 0.2) is 0 Å². The van der Waals surface area contributed by atoms with Gasteiger partial charge in [0.2, 0.25) is 0 Å². The minimum Gasteiger partial charge on any atom is -0.469 e. The molecule has 0 unspecified atom stereocenters. The van der Waals surface area contributed by atoms with Gasteiger partial charge in [-0.05, 0) is 6.07 Å². The summed E-state index contributed by atoms with van der Waals surface area (Å²) in [6.45, 7) is -2.87. The number of rotatable bonds is 5. The van der Waals surface area contributed by atoms with E-state index < -0.39 is 12.6 Å².